The summed E-state index contributed by atoms with van der Waals surface area (Å²) in [6.45, 7) is 4.18. The highest BCUT2D eigenvalue weighted by atomic mass is 19.4. The Bertz CT molecular complexity index is 1830. The first-order valence-electron chi connectivity index (χ1n) is 17.5. The number of alkyl halides is 3. The monoisotopic (exact) mass is 762 g/mol. The molecule has 0 aliphatic carbocycles. The summed E-state index contributed by atoms with van der Waals surface area (Å²) in [5.74, 6) is -1.19. The topological polar surface area (TPSA) is 144 Å². The number of amides is 4. The van der Waals surface area contributed by atoms with Crippen LogP contribution in [0.3, 0.4) is 0 Å². The van der Waals surface area contributed by atoms with E-state index in [1.807, 2.05) is 36.4 Å². The third kappa shape index (κ3) is 15.8. The van der Waals surface area contributed by atoms with E-state index in [1.165, 1.54) is 24.3 Å². The maximum Gasteiger partial charge on any atom is 0.422 e. The standard InChI is InChI=1S/C41H45F3N4O7/c1-40(2,3)55-38(51)46-25-31-16-14-30(15-17-31)24-45-36(49)34(22-28-10-6-4-7-11-28)47-37(50)35(48-39(52)53-26-32-12-8-5-9-13-32)23-29-18-20-33(21-19-29)54-27-41(42,43)44/h4-21,34-35H,22-27H2,1-3H3,(H,45,49)(H,46,51)(H,47,50)(H,48,52)/t34-,35?/m0/s1. The van der Waals surface area contributed by atoms with Gasteiger partial charge in [-0.2, -0.15) is 13.2 Å². The van der Waals surface area contributed by atoms with Crippen LogP contribution in [0.15, 0.2) is 109 Å². The molecule has 4 N–H and O–H groups in total. The highest BCUT2D eigenvalue weighted by Crippen LogP contribution is 2.20. The van der Waals surface area contributed by atoms with E-state index in [9.17, 15) is 32.3 Å². The highest BCUT2D eigenvalue weighted by molar-refractivity contribution is 5.91. The van der Waals surface area contributed by atoms with Gasteiger partial charge in [-0.1, -0.05) is 97.1 Å². The van der Waals surface area contributed by atoms with Crippen LogP contribution in [0.5, 0.6) is 5.75 Å². The molecule has 0 fully saturated rings. The Labute approximate surface area is 317 Å². The summed E-state index contributed by atoms with van der Waals surface area (Å²) < 4.78 is 53.3. The Hall–Kier alpha value is -6.05. The number of carbonyl (C=O) groups is 4. The predicted octanol–water partition coefficient (Wildman–Crippen LogP) is 6.53. The Morgan fingerprint density at radius 1 is 0.582 bits per heavy atom. The number of alkyl carbamates (subject to hydrolysis) is 2. The minimum Gasteiger partial charge on any atom is -0.484 e. The van der Waals surface area contributed by atoms with Crippen molar-refractivity contribution in [1.82, 2.24) is 21.3 Å². The van der Waals surface area contributed by atoms with Gasteiger partial charge >= 0.3 is 18.4 Å². The van der Waals surface area contributed by atoms with Crippen molar-refractivity contribution in [2.24, 2.45) is 0 Å². The molecule has 55 heavy (non-hydrogen) atoms. The molecule has 4 aromatic carbocycles. The summed E-state index contributed by atoms with van der Waals surface area (Å²) in [7, 11) is 0. The van der Waals surface area contributed by atoms with E-state index < -0.39 is 54.5 Å². The highest BCUT2D eigenvalue weighted by Gasteiger charge is 2.29. The number of halogens is 3. The lowest BCUT2D eigenvalue weighted by atomic mass is 10.0. The zero-order valence-electron chi connectivity index (χ0n) is 30.8. The fourth-order valence-electron chi connectivity index (χ4n) is 5.15. The number of benzene rings is 4. The lowest BCUT2D eigenvalue weighted by Crippen LogP contribution is -2.55. The summed E-state index contributed by atoms with van der Waals surface area (Å²) >= 11 is 0. The zero-order chi connectivity index (χ0) is 39.8. The summed E-state index contributed by atoms with van der Waals surface area (Å²) in [5, 5.41) is 10.9. The molecular weight excluding hydrogens is 717 g/mol. The van der Waals surface area contributed by atoms with Gasteiger partial charge in [-0.05, 0) is 60.7 Å². The van der Waals surface area contributed by atoms with Crippen molar-refractivity contribution in [3.05, 3.63) is 137 Å². The molecule has 0 heterocycles. The summed E-state index contributed by atoms with van der Waals surface area (Å²) in [6, 6.07) is 28.5. The Morgan fingerprint density at radius 3 is 1.62 bits per heavy atom. The quantitative estimate of drug-likeness (QED) is 0.102. The van der Waals surface area contributed by atoms with Gasteiger partial charge in [0.1, 0.15) is 30.0 Å². The molecule has 0 saturated heterocycles. The summed E-state index contributed by atoms with van der Waals surface area (Å²) in [4.78, 5) is 52.5. The first kappa shape index (κ1) is 41.7. The lowest BCUT2D eigenvalue weighted by Gasteiger charge is -2.23. The first-order valence-corrected chi connectivity index (χ1v) is 17.5. The number of rotatable bonds is 16. The molecule has 0 aromatic heterocycles. The van der Waals surface area contributed by atoms with E-state index in [4.69, 9.17) is 14.2 Å². The van der Waals surface area contributed by atoms with E-state index in [0.29, 0.717) is 5.56 Å². The number of hydrogen-bond donors (Lipinski definition) is 4. The van der Waals surface area contributed by atoms with Gasteiger partial charge in [0.15, 0.2) is 6.61 Å². The van der Waals surface area contributed by atoms with Gasteiger partial charge in [0, 0.05) is 25.9 Å². The van der Waals surface area contributed by atoms with Gasteiger partial charge in [0.2, 0.25) is 11.8 Å². The van der Waals surface area contributed by atoms with Crippen LogP contribution in [-0.2, 0) is 51.6 Å². The number of hydrogen-bond acceptors (Lipinski definition) is 7. The van der Waals surface area contributed by atoms with Crippen molar-refractivity contribution >= 4 is 24.0 Å². The van der Waals surface area contributed by atoms with Crippen molar-refractivity contribution < 1.29 is 46.6 Å². The van der Waals surface area contributed by atoms with Crippen LogP contribution in [0.25, 0.3) is 0 Å². The van der Waals surface area contributed by atoms with E-state index in [0.717, 1.165) is 22.3 Å². The largest absolute Gasteiger partial charge is 0.484 e. The van der Waals surface area contributed by atoms with Gasteiger partial charge in [0.05, 0.1) is 0 Å². The van der Waals surface area contributed by atoms with E-state index in [-0.39, 0.29) is 38.3 Å². The Balaban J connectivity index is 1.45. The SMILES string of the molecule is CC(C)(C)OC(=O)NCc1ccc(CNC(=O)[C@H](Cc2ccccc2)NC(=O)C(Cc2ccc(OCC(F)(F)F)cc2)NC(=O)OCc2ccccc2)cc1. The molecule has 14 heteroatoms. The van der Waals surface area contributed by atoms with Crippen molar-refractivity contribution in [3.8, 4) is 5.75 Å². The van der Waals surface area contributed by atoms with E-state index in [2.05, 4.69) is 21.3 Å². The van der Waals surface area contributed by atoms with E-state index in [1.54, 1.807) is 69.3 Å². The number of carbonyl (C=O) groups excluding carboxylic acids is 4. The molecule has 292 valence electrons. The Kier molecular flexibility index (Phi) is 15.1. The second-order valence-electron chi connectivity index (χ2n) is 13.7. The number of nitrogens with one attached hydrogen (secondary N) is 4. The Morgan fingerprint density at radius 2 is 1.07 bits per heavy atom. The molecule has 0 aliphatic rings. The second-order valence-corrected chi connectivity index (χ2v) is 13.7. The van der Waals surface area contributed by atoms with Crippen molar-refractivity contribution in [3.63, 3.8) is 0 Å². The van der Waals surface area contributed by atoms with Crippen molar-refractivity contribution in [2.75, 3.05) is 6.61 Å². The fraction of sp³-hybridized carbons (Fsp3) is 0.317. The third-order valence-corrected chi connectivity index (χ3v) is 7.83. The van der Waals surface area contributed by atoms with Crippen LogP contribution in [-0.4, -0.2) is 54.5 Å². The second kappa shape index (κ2) is 19.9. The van der Waals surface area contributed by atoms with Crippen molar-refractivity contribution in [1.29, 1.82) is 0 Å². The average molecular weight is 763 g/mol. The maximum absolute atomic E-state index is 13.9. The minimum absolute atomic E-state index is 0.0241. The molecule has 0 radical (unpaired) electrons. The maximum atomic E-state index is 13.9. The average Bonchev–Trinajstić information content (AvgIpc) is 3.14. The molecule has 4 aromatic rings. The van der Waals surface area contributed by atoms with Gasteiger partial charge in [0.25, 0.3) is 0 Å². The third-order valence-electron chi connectivity index (χ3n) is 7.83. The summed E-state index contributed by atoms with van der Waals surface area (Å²) in [6.07, 6.45) is -5.89. The molecule has 0 spiro atoms. The normalized spacial score (nSPS) is 12.4. The van der Waals surface area contributed by atoms with Crippen LogP contribution in [0.2, 0.25) is 0 Å². The van der Waals surface area contributed by atoms with Crippen LogP contribution < -0.4 is 26.0 Å². The van der Waals surface area contributed by atoms with Gasteiger partial charge in [-0.15, -0.1) is 0 Å². The lowest BCUT2D eigenvalue weighted by molar-refractivity contribution is -0.153. The molecule has 11 nitrogen and oxygen atoms in total. The molecule has 0 saturated carbocycles. The molecule has 1 unspecified atom stereocenters. The molecular formula is C41H45F3N4O7. The van der Waals surface area contributed by atoms with Crippen molar-refractivity contribution in [2.45, 2.75) is 77.2 Å². The number of ether oxygens (including phenoxy) is 3. The van der Waals surface area contributed by atoms with Gasteiger partial charge in [-0.3, -0.25) is 9.59 Å². The van der Waals surface area contributed by atoms with Crippen LogP contribution in [0.1, 0.15) is 48.6 Å². The van der Waals surface area contributed by atoms with Gasteiger partial charge in [-0.25, -0.2) is 9.59 Å². The summed E-state index contributed by atoms with van der Waals surface area (Å²) in [5.41, 5.74) is 2.95. The fourth-order valence-corrected chi connectivity index (χ4v) is 5.15. The minimum atomic E-state index is -4.51. The molecule has 0 bridgehead atoms. The first-order chi connectivity index (χ1) is 26.1. The smallest absolute Gasteiger partial charge is 0.422 e. The van der Waals surface area contributed by atoms with E-state index >= 15 is 0 Å². The predicted molar refractivity (Wildman–Crippen MR) is 199 cm³/mol. The molecule has 4 rings (SSSR count). The molecule has 2 atom stereocenters. The zero-order valence-corrected chi connectivity index (χ0v) is 30.8. The van der Waals surface area contributed by atoms with Gasteiger partial charge < -0.3 is 35.5 Å². The molecule has 4 amide bonds. The van der Waals surface area contributed by atoms with Crippen LogP contribution in [0.4, 0.5) is 22.8 Å². The van der Waals surface area contributed by atoms with Crippen LogP contribution >= 0.6 is 0 Å². The molecule has 0 aliphatic heterocycles. The van der Waals surface area contributed by atoms with Crippen LogP contribution in [0, 0.1) is 0 Å².